The molecule has 1 amide bonds. The maximum Gasteiger partial charge on any atom is 0.252 e. The van der Waals surface area contributed by atoms with Crippen molar-refractivity contribution < 1.29 is 14.3 Å². The summed E-state index contributed by atoms with van der Waals surface area (Å²) < 4.78 is 13.6. The predicted octanol–water partition coefficient (Wildman–Crippen LogP) is 3.90. The molecule has 0 unspecified atom stereocenters. The monoisotopic (exact) mass is 371 g/mol. The molecule has 2 rings (SSSR count). The summed E-state index contributed by atoms with van der Waals surface area (Å²) in [7, 11) is 0. The van der Waals surface area contributed by atoms with E-state index in [1.165, 1.54) is 18.2 Å². The van der Waals surface area contributed by atoms with Crippen LogP contribution in [-0.4, -0.2) is 23.2 Å². The third-order valence-corrected chi connectivity index (χ3v) is 4.97. The van der Waals surface area contributed by atoms with Crippen molar-refractivity contribution in [3.05, 3.63) is 34.1 Å². The molecule has 1 aromatic rings. The molecule has 1 aromatic carbocycles. The SMILES string of the molecule is C[C@@H]1CC(C)(C)C[C@@](CO)(NC(=O)c2ccc(F)cc2Br)C1. The average Bonchev–Trinajstić information content (AvgIpc) is 2.35. The summed E-state index contributed by atoms with van der Waals surface area (Å²) in [4.78, 5) is 12.6. The van der Waals surface area contributed by atoms with Crippen molar-refractivity contribution in [3.63, 3.8) is 0 Å². The van der Waals surface area contributed by atoms with Gasteiger partial charge in [-0.1, -0.05) is 20.8 Å². The van der Waals surface area contributed by atoms with E-state index < -0.39 is 11.4 Å². The number of aliphatic hydroxyl groups is 1. The highest BCUT2D eigenvalue weighted by Crippen LogP contribution is 2.43. The lowest BCUT2D eigenvalue weighted by molar-refractivity contribution is 0.0334. The molecule has 3 nitrogen and oxygen atoms in total. The number of hydrogen-bond acceptors (Lipinski definition) is 2. The van der Waals surface area contributed by atoms with E-state index in [0.717, 1.165) is 19.3 Å². The van der Waals surface area contributed by atoms with Gasteiger partial charge in [-0.3, -0.25) is 4.79 Å². The standard InChI is InChI=1S/C17H23BrFNO2/c1-11-7-16(2,3)9-17(8-11,10-21)20-15(22)13-5-4-12(19)6-14(13)18/h4-6,11,21H,7-10H2,1-3H3,(H,20,22)/t11-,17+/m1/s1. The van der Waals surface area contributed by atoms with E-state index in [-0.39, 0.29) is 17.9 Å². The maximum absolute atomic E-state index is 13.2. The first-order valence-electron chi connectivity index (χ1n) is 7.55. The van der Waals surface area contributed by atoms with Crippen LogP contribution >= 0.6 is 15.9 Å². The minimum Gasteiger partial charge on any atom is -0.394 e. The van der Waals surface area contributed by atoms with E-state index >= 15 is 0 Å². The topological polar surface area (TPSA) is 49.3 Å². The molecule has 0 saturated heterocycles. The van der Waals surface area contributed by atoms with Gasteiger partial charge in [-0.05, 0) is 64.7 Å². The second kappa shape index (κ2) is 6.28. The van der Waals surface area contributed by atoms with Gasteiger partial charge in [0.1, 0.15) is 5.82 Å². The second-order valence-corrected chi connectivity index (χ2v) is 8.23. The van der Waals surface area contributed by atoms with Crippen LogP contribution in [0.5, 0.6) is 0 Å². The molecule has 2 atom stereocenters. The molecule has 0 aliphatic heterocycles. The third-order valence-electron chi connectivity index (χ3n) is 4.31. The van der Waals surface area contributed by atoms with E-state index in [1.54, 1.807) is 0 Å². The number of benzene rings is 1. The molecule has 1 aliphatic rings. The number of nitrogens with one attached hydrogen (secondary N) is 1. The summed E-state index contributed by atoms with van der Waals surface area (Å²) in [6, 6.07) is 3.99. The summed E-state index contributed by atoms with van der Waals surface area (Å²) in [5.74, 6) is -0.258. The lowest BCUT2D eigenvalue weighted by Gasteiger charge is -2.47. The molecule has 0 aromatic heterocycles. The van der Waals surface area contributed by atoms with Gasteiger partial charge in [0.05, 0.1) is 17.7 Å². The van der Waals surface area contributed by atoms with Crippen LogP contribution in [0.25, 0.3) is 0 Å². The predicted molar refractivity (Wildman–Crippen MR) is 88.2 cm³/mol. The van der Waals surface area contributed by atoms with Gasteiger partial charge in [-0.2, -0.15) is 0 Å². The number of amides is 1. The molecule has 122 valence electrons. The van der Waals surface area contributed by atoms with Gasteiger partial charge < -0.3 is 10.4 Å². The molecule has 0 heterocycles. The van der Waals surface area contributed by atoms with Gasteiger partial charge in [0.2, 0.25) is 0 Å². The molecule has 1 fully saturated rings. The fourth-order valence-corrected chi connectivity index (χ4v) is 4.51. The Morgan fingerprint density at radius 2 is 2.14 bits per heavy atom. The fraction of sp³-hybridized carbons (Fsp3) is 0.588. The quantitative estimate of drug-likeness (QED) is 0.846. The summed E-state index contributed by atoms with van der Waals surface area (Å²) >= 11 is 3.22. The second-order valence-electron chi connectivity index (χ2n) is 7.37. The number of carbonyl (C=O) groups excluding carboxylic acids is 1. The van der Waals surface area contributed by atoms with Crippen molar-refractivity contribution in [1.29, 1.82) is 0 Å². The molecule has 0 bridgehead atoms. The van der Waals surface area contributed by atoms with Gasteiger partial charge in [0, 0.05) is 4.47 Å². The zero-order valence-corrected chi connectivity index (χ0v) is 14.8. The molecular formula is C17H23BrFNO2. The van der Waals surface area contributed by atoms with Crippen LogP contribution in [-0.2, 0) is 0 Å². The summed E-state index contributed by atoms with van der Waals surface area (Å²) in [5.41, 5.74) is -0.176. The van der Waals surface area contributed by atoms with Crippen molar-refractivity contribution in [3.8, 4) is 0 Å². The van der Waals surface area contributed by atoms with Crippen LogP contribution in [0.3, 0.4) is 0 Å². The number of aliphatic hydroxyl groups excluding tert-OH is 1. The Bertz CT molecular complexity index is 576. The van der Waals surface area contributed by atoms with Crippen molar-refractivity contribution in [2.75, 3.05) is 6.61 Å². The molecular weight excluding hydrogens is 349 g/mol. The first-order valence-corrected chi connectivity index (χ1v) is 8.34. The smallest absolute Gasteiger partial charge is 0.252 e. The lowest BCUT2D eigenvalue weighted by atomic mass is 9.64. The Kier molecular flexibility index (Phi) is 4.97. The largest absolute Gasteiger partial charge is 0.394 e. The van der Waals surface area contributed by atoms with Crippen LogP contribution in [0.4, 0.5) is 4.39 Å². The average molecular weight is 372 g/mol. The highest BCUT2D eigenvalue weighted by molar-refractivity contribution is 9.10. The molecule has 0 spiro atoms. The Morgan fingerprint density at radius 3 is 2.68 bits per heavy atom. The minimum absolute atomic E-state index is 0.0632. The first kappa shape index (κ1) is 17.4. The van der Waals surface area contributed by atoms with E-state index in [2.05, 4.69) is 42.0 Å². The molecule has 5 heteroatoms. The molecule has 1 saturated carbocycles. The minimum atomic E-state index is -0.619. The molecule has 22 heavy (non-hydrogen) atoms. The van der Waals surface area contributed by atoms with E-state index in [9.17, 15) is 14.3 Å². The van der Waals surface area contributed by atoms with Crippen molar-refractivity contribution in [1.82, 2.24) is 5.32 Å². The van der Waals surface area contributed by atoms with Crippen LogP contribution in [0.2, 0.25) is 0 Å². The molecule has 2 N–H and O–H groups in total. The van der Waals surface area contributed by atoms with E-state index in [0.29, 0.717) is 16.0 Å². The Balaban J connectivity index is 2.24. The normalized spacial score (nSPS) is 27.5. The van der Waals surface area contributed by atoms with Gasteiger partial charge in [0.25, 0.3) is 5.91 Å². The van der Waals surface area contributed by atoms with Crippen LogP contribution < -0.4 is 5.32 Å². The summed E-state index contributed by atoms with van der Waals surface area (Å²) in [6.45, 7) is 6.37. The van der Waals surface area contributed by atoms with Gasteiger partial charge in [-0.15, -0.1) is 0 Å². The van der Waals surface area contributed by atoms with E-state index in [4.69, 9.17) is 0 Å². The zero-order valence-electron chi connectivity index (χ0n) is 13.2. The number of halogens is 2. The Labute approximate surface area is 139 Å². The number of rotatable bonds is 3. The fourth-order valence-electron chi connectivity index (χ4n) is 3.98. The lowest BCUT2D eigenvalue weighted by Crippen LogP contribution is -2.57. The van der Waals surface area contributed by atoms with Crippen LogP contribution in [0.1, 0.15) is 50.4 Å². The highest BCUT2D eigenvalue weighted by Gasteiger charge is 2.43. The van der Waals surface area contributed by atoms with Gasteiger partial charge in [-0.25, -0.2) is 4.39 Å². The number of hydrogen-bond donors (Lipinski definition) is 2. The van der Waals surface area contributed by atoms with Crippen LogP contribution in [0.15, 0.2) is 22.7 Å². The highest BCUT2D eigenvalue weighted by atomic mass is 79.9. The molecule has 0 radical (unpaired) electrons. The number of carbonyl (C=O) groups is 1. The van der Waals surface area contributed by atoms with Gasteiger partial charge >= 0.3 is 0 Å². The van der Waals surface area contributed by atoms with Crippen molar-refractivity contribution in [2.45, 2.75) is 45.6 Å². The van der Waals surface area contributed by atoms with Crippen molar-refractivity contribution in [2.24, 2.45) is 11.3 Å². The Morgan fingerprint density at radius 1 is 1.45 bits per heavy atom. The van der Waals surface area contributed by atoms with Gasteiger partial charge in [0.15, 0.2) is 0 Å². The van der Waals surface area contributed by atoms with E-state index in [1.807, 2.05) is 0 Å². The van der Waals surface area contributed by atoms with Crippen LogP contribution in [0, 0.1) is 17.2 Å². The zero-order chi connectivity index (χ0) is 16.5. The first-order chi connectivity index (χ1) is 10.2. The molecule has 1 aliphatic carbocycles. The summed E-state index contributed by atoms with van der Waals surface area (Å²) in [6.07, 6.45) is 2.55. The summed E-state index contributed by atoms with van der Waals surface area (Å²) in [5, 5.41) is 12.9. The van der Waals surface area contributed by atoms with Crippen molar-refractivity contribution >= 4 is 21.8 Å². The maximum atomic E-state index is 13.2. The Hall–Kier alpha value is -0.940. The third kappa shape index (κ3) is 3.87.